The second-order valence-corrected chi connectivity index (χ2v) is 2.79. The Balaban J connectivity index is 3.99. The molecule has 0 aliphatic rings. The number of nitrogens with two attached hydrogens (primary N) is 1. The summed E-state index contributed by atoms with van der Waals surface area (Å²) in [5.74, 6) is 0. The number of nitrogens with zero attached hydrogens (tertiary/aromatic N) is 2. The summed E-state index contributed by atoms with van der Waals surface area (Å²) in [7, 11) is 0. The largest absolute Gasteiger partial charge is 0.394 e. The van der Waals surface area contributed by atoms with E-state index in [0.29, 0.717) is 0 Å². The van der Waals surface area contributed by atoms with Crippen LogP contribution in [0.3, 0.4) is 0 Å². The lowest BCUT2D eigenvalue weighted by molar-refractivity contribution is -0.0754. The van der Waals surface area contributed by atoms with E-state index in [-0.39, 0.29) is 5.11 Å². The summed E-state index contributed by atoms with van der Waals surface area (Å²) in [6, 6.07) is 0. The standard InChI is InChI=1S/C5H12N4O4S/c6-5(14)8-9-7-4(13)3(12)2(11)1-10/h2-4,10-13H,1H2,(H3,6,7,8,14)/t2-,3-,4+/m0/s1. The molecule has 7 N–H and O–H groups in total. The molecule has 14 heavy (non-hydrogen) atoms. The molecule has 0 aromatic heterocycles. The Hall–Kier alpha value is -0.870. The van der Waals surface area contributed by atoms with Crippen molar-refractivity contribution in [2.75, 3.05) is 6.61 Å². The molecule has 8 nitrogen and oxygen atoms in total. The molecule has 0 bridgehead atoms. The maximum absolute atomic E-state index is 9.05. The first-order chi connectivity index (χ1) is 6.49. The Bertz CT molecular complexity index is 214. The molecule has 0 fully saturated rings. The van der Waals surface area contributed by atoms with E-state index in [4.69, 9.17) is 26.2 Å². The highest BCUT2D eigenvalue weighted by Gasteiger charge is 2.23. The zero-order valence-electron chi connectivity index (χ0n) is 7.11. The third-order valence-electron chi connectivity index (χ3n) is 1.22. The smallest absolute Gasteiger partial charge is 0.196 e. The summed E-state index contributed by atoms with van der Waals surface area (Å²) in [5, 5.41) is 41.4. The van der Waals surface area contributed by atoms with Crippen LogP contribution in [0, 0.1) is 0 Å². The number of hydrogen-bond donors (Lipinski definition) is 6. The van der Waals surface area contributed by atoms with Gasteiger partial charge in [0.1, 0.15) is 12.2 Å². The van der Waals surface area contributed by atoms with Crippen LogP contribution in [0.4, 0.5) is 0 Å². The fraction of sp³-hybridized carbons (Fsp3) is 0.800. The number of thiocarbonyl (C=S) groups is 1. The Morgan fingerprint density at radius 2 is 2.00 bits per heavy atom. The first-order valence-electron chi connectivity index (χ1n) is 3.59. The van der Waals surface area contributed by atoms with E-state index >= 15 is 0 Å². The number of hydrogen-bond acceptors (Lipinski definition) is 7. The van der Waals surface area contributed by atoms with E-state index in [0.717, 1.165) is 0 Å². The highest BCUT2D eigenvalue weighted by Crippen LogP contribution is 2.00. The highest BCUT2D eigenvalue weighted by molar-refractivity contribution is 7.80. The normalized spacial score (nSPS) is 17.7. The average Bonchev–Trinajstić information content (AvgIpc) is 2.14. The summed E-state index contributed by atoms with van der Waals surface area (Å²) in [5.41, 5.74) is 7.01. The molecule has 0 radical (unpaired) electrons. The monoisotopic (exact) mass is 224 g/mol. The van der Waals surface area contributed by atoms with Gasteiger partial charge >= 0.3 is 0 Å². The van der Waals surface area contributed by atoms with Crippen LogP contribution in [0.2, 0.25) is 0 Å². The van der Waals surface area contributed by atoms with Crippen molar-refractivity contribution in [3.63, 3.8) is 0 Å². The summed E-state index contributed by atoms with van der Waals surface area (Å²) in [6.45, 7) is -0.698. The van der Waals surface area contributed by atoms with E-state index in [1.165, 1.54) is 0 Å². The van der Waals surface area contributed by atoms with Crippen molar-refractivity contribution in [1.29, 1.82) is 0 Å². The van der Waals surface area contributed by atoms with Crippen LogP contribution in [0.25, 0.3) is 0 Å². The van der Waals surface area contributed by atoms with Gasteiger partial charge in [-0.2, -0.15) is 0 Å². The molecule has 0 amide bonds. The second kappa shape index (κ2) is 6.56. The van der Waals surface area contributed by atoms with Crippen molar-refractivity contribution >= 4 is 17.3 Å². The maximum Gasteiger partial charge on any atom is 0.196 e. The number of aliphatic hydroxyl groups is 4. The molecule has 0 heterocycles. The molecular weight excluding hydrogens is 212 g/mol. The molecule has 3 atom stereocenters. The number of nitrogens with one attached hydrogen (secondary N) is 1. The fourth-order valence-electron chi connectivity index (χ4n) is 0.512. The molecule has 0 aliphatic carbocycles. The zero-order valence-corrected chi connectivity index (χ0v) is 7.92. The van der Waals surface area contributed by atoms with Gasteiger partial charge in [0.15, 0.2) is 11.3 Å². The quantitative estimate of drug-likeness (QED) is 0.168. The topological polar surface area (TPSA) is 144 Å². The molecule has 0 unspecified atom stereocenters. The van der Waals surface area contributed by atoms with Crippen molar-refractivity contribution in [2.45, 2.75) is 18.4 Å². The molecule has 0 saturated carbocycles. The van der Waals surface area contributed by atoms with E-state index in [1.807, 2.05) is 5.43 Å². The minimum absolute atomic E-state index is 0.154. The molecule has 0 saturated heterocycles. The Kier molecular flexibility index (Phi) is 6.16. The van der Waals surface area contributed by atoms with Crippen LogP contribution in [-0.2, 0) is 0 Å². The van der Waals surface area contributed by atoms with Crippen molar-refractivity contribution in [1.82, 2.24) is 5.43 Å². The Morgan fingerprint density at radius 1 is 1.43 bits per heavy atom. The zero-order chi connectivity index (χ0) is 11.1. The Morgan fingerprint density at radius 3 is 2.43 bits per heavy atom. The SMILES string of the molecule is NC(=S)NN=N[C@H](O)[C@@H](O)[C@@H](O)CO. The van der Waals surface area contributed by atoms with Gasteiger partial charge < -0.3 is 26.2 Å². The lowest BCUT2D eigenvalue weighted by Crippen LogP contribution is -2.38. The van der Waals surface area contributed by atoms with Gasteiger partial charge in [0.25, 0.3) is 0 Å². The van der Waals surface area contributed by atoms with Gasteiger partial charge in [-0.1, -0.05) is 5.22 Å². The number of rotatable bonds is 5. The predicted octanol–water partition coefficient (Wildman–Crippen LogP) is -2.78. The molecular formula is C5H12N4O4S. The minimum atomic E-state index is -1.67. The van der Waals surface area contributed by atoms with Crippen molar-refractivity contribution < 1.29 is 20.4 Å². The minimum Gasteiger partial charge on any atom is -0.394 e. The molecule has 0 aliphatic heterocycles. The van der Waals surface area contributed by atoms with Crippen molar-refractivity contribution in [2.24, 2.45) is 16.1 Å². The van der Waals surface area contributed by atoms with Gasteiger partial charge in [0.2, 0.25) is 0 Å². The predicted molar refractivity (Wildman–Crippen MR) is 49.9 cm³/mol. The van der Waals surface area contributed by atoms with Gasteiger partial charge in [-0.3, -0.25) is 0 Å². The van der Waals surface area contributed by atoms with E-state index in [2.05, 4.69) is 22.6 Å². The molecule has 0 aromatic carbocycles. The second-order valence-electron chi connectivity index (χ2n) is 2.35. The summed E-state index contributed by atoms with van der Waals surface area (Å²) in [4.78, 5) is 0. The lowest BCUT2D eigenvalue weighted by atomic mass is 10.2. The third-order valence-corrected chi connectivity index (χ3v) is 1.31. The van der Waals surface area contributed by atoms with E-state index in [9.17, 15) is 0 Å². The lowest BCUT2D eigenvalue weighted by Gasteiger charge is -2.16. The van der Waals surface area contributed by atoms with Crippen LogP contribution in [0.15, 0.2) is 10.3 Å². The van der Waals surface area contributed by atoms with Gasteiger partial charge in [0, 0.05) is 0 Å². The van der Waals surface area contributed by atoms with Crippen LogP contribution in [0.1, 0.15) is 0 Å². The highest BCUT2D eigenvalue weighted by atomic mass is 32.1. The van der Waals surface area contributed by atoms with Crippen LogP contribution >= 0.6 is 12.2 Å². The van der Waals surface area contributed by atoms with Gasteiger partial charge in [-0.05, 0) is 12.2 Å². The maximum atomic E-state index is 9.05. The average molecular weight is 224 g/mol. The molecule has 9 heteroatoms. The fourth-order valence-corrected chi connectivity index (χ4v) is 0.553. The first kappa shape index (κ1) is 13.1. The van der Waals surface area contributed by atoms with E-state index in [1.54, 1.807) is 0 Å². The summed E-state index contributed by atoms with van der Waals surface area (Å²) < 4.78 is 0. The summed E-state index contributed by atoms with van der Waals surface area (Å²) >= 11 is 4.37. The van der Waals surface area contributed by atoms with Crippen LogP contribution in [0.5, 0.6) is 0 Å². The van der Waals surface area contributed by atoms with Crippen LogP contribution < -0.4 is 11.2 Å². The molecule has 0 aromatic rings. The number of aliphatic hydroxyl groups excluding tert-OH is 4. The summed E-state index contributed by atoms with van der Waals surface area (Å²) in [6.07, 6.45) is -4.79. The van der Waals surface area contributed by atoms with Gasteiger partial charge in [-0.25, -0.2) is 5.43 Å². The van der Waals surface area contributed by atoms with E-state index < -0.39 is 25.0 Å². The first-order valence-corrected chi connectivity index (χ1v) is 4.00. The Labute approximate surface area is 85.0 Å². The van der Waals surface area contributed by atoms with Crippen molar-refractivity contribution in [3.8, 4) is 0 Å². The van der Waals surface area contributed by atoms with Crippen molar-refractivity contribution in [3.05, 3.63) is 0 Å². The van der Waals surface area contributed by atoms with Gasteiger partial charge in [-0.15, -0.1) is 5.11 Å². The molecule has 0 rings (SSSR count). The molecule has 0 spiro atoms. The third kappa shape index (κ3) is 4.99. The van der Waals surface area contributed by atoms with Crippen LogP contribution in [-0.4, -0.2) is 50.6 Å². The molecule has 82 valence electrons. The van der Waals surface area contributed by atoms with Gasteiger partial charge in [0.05, 0.1) is 6.61 Å².